The Labute approximate surface area is 107 Å². The van der Waals surface area contributed by atoms with Crippen molar-refractivity contribution in [3.05, 3.63) is 17.0 Å². The van der Waals surface area contributed by atoms with Crippen molar-refractivity contribution in [3.63, 3.8) is 0 Å². The van der Waals surface area contributed by atoms with E-state index in [1.807, 2.05) is 14.0 Å². The van der Waals surface area contributed by atoms with Crippen LogP contribution >= 0.6 is 12.4 Å². The van der Waals surface area contributed by atoms with Crippen molar-refractivity contribution in [1.29, 1.82) is 0 Å². The third-order valence-electron chi connectivity index (χ3n) is 3.08. The zero-order valence-electron chi connectivity index (χ0n) is 10.2. The molecule has 6 heteroatoms. The normalized spacial score (nSPS) is 14.9. The van der Waals surface area contributed by atoms with E-state index in [9.17, 15) is 4.79 Å². The van der Waals surface area contributed by atoms with E-state index in [1.165, 1.54) is 0 Å². The molecule has 1 atom stereocenters. The fourth-order valence-electron chi connectivity index (χ4n) is 1.94. The second-order valence-corrected chi connectivity index (χ2v) is 4.28. The van der Waals surface area contributed by atoms with E-state index in [4.69, 9.17) is 0 Å². The van der Waals surface area contributed by atoms with Crippen LogP contribution in [0.25, 0.3) is 0 Å². The molecule has 1 unspecified atom stereocenters. The maximum atomic E-state index is 11.9. The minimum atomic E-state index is -0.0681. The molecule has 1 heterocycles. The Balaban J connectivity index is 0.00000144. The van der Waals surface area contributed by atoms with E-state index < -0.39 is 0 Å². The van der Waals surface area contributed by atoms with Gasteiger partial charge in [0.05, 0.1) is 0 Å². The van der Waals surface area contributed by atoms with Gasteiger partial charge in [-0.15, -0.1) is 12.4 Å². The molecule has 96 valence electrons. The fourth-order valence-corrected chi connectivity index (χ4v) is 1.94. The number of carbonyl (C=O) groups excluding carboxylic acids is 1. The highest BCUT2D eigenvalue weighted by atomic mass is 35.5. The lowest BCUT2D eigenvalue weighted by Gasteiger charge is -2.10. The summed E-state index contributed by atoms with van der Waals surface area (Å²) in [5.41, 5.74) is 2.82. The molecule has 1 aromatic heterocycles. The summed E-state index contributed by atoms with van der Waals surface area (Å²) < 4.78 is 0. The molecular formula is C11H19ClN4O. The average molecular weight is 259 g/mol. The summed E-state index contributed by atoms with van der Waals surface area (Å²) in [4.78, 5) is 11.9. The molecule has 0 radical (unpaired) electrons. The number of likely N-dealkylation sites (N-methyl/N-ethyl adjacent to an activating group) is 1. The summed E-state index contributed by atoms with van der Waals surface area (Å²) >= 11 is 0. The van der Waals surface area contributed by atoms with Crippen LogP contribution in [0.2, 0.25) is 0 Å². The van der Waals surface area contributed by atoms with Crippen molar-refractivity contribution in [2.45, 2.75) is 32.2 Å². The number of nitrogens with zero attached hydrogens (tertiary/aromatic N) is 1. The van der Waals surface area contributed by atoms with Gasteiger partial charge in [-0.05, 0) is 33.2 Å². The molecule has 2 rings (SSSR count). The lowest BCUT2D eigenvalue weighted by atomic mass is 10.2. The van der Waals surface area contributed by atoms with Crippen LogP contribution in [0.15, 0.2) is 0 Å². The Kier molecular flexibility index (Phi) is 4.96. The number of carbonyl (C=O) groups is 1. The third kappa shape index (κ3) is 2.98. The van der Waals surface area contributed by atoms with E-state index in [-0.39, 0.29) is 24.4 Å². The zero-order chi connectivity index (χ0) is 11.5. The van der Waals surface area contributed by atoms with Gasteiger partial charge < -0.3 is 10.6 Å². The van der Waals surface area contributed by atoms with Crippen LogP contribution in [0.4, 0.5) is 0 Å². The maximum absolute atomic E-state index is 11.9. The molecule has 0 fully saturated rings. The summed E-state index contributed by atoms with van der Waals surface area (Å²) in [6.45, 7) is 2.65. The van der Waals surface area contributed by atoms with Gasteiger partial charge in [0.1, 0.15) is 0 Å². The Bertz CT molecular complexity index is 391. The first-order chi connectivity index (χ1) is 7.72. The molecule has 1 aliphatic rings. The molecule has 1 aromatic rings. The second-order valence-electron chi connectivity index (χ2n) is 4.28. The van der Waals surface area contributed by atoms with E-state index in [2.05, 4.69) is 20.8 Å². The van der Waals surface area contributed by atoms with E-state index in [0.717, 1.165) is 30.5 Å². The van der Waals surface area contributed by atoms with Crippen LogP contribution in [0.1, 0.15) is 35.1 Å². The van der Waals surface area contributed by atoms with Gasteiger partial charge in [0.2, 0.25) is 0 Å². The van der Waals surface area contributed by atoms with Crippen LogP contribution < -0.4 is 10.6 Å². The molecule has 0 bridgehead atoms. The second kappa shape index (κ2) is 6.02. The number of halogens is 1. The minimum absolute atomic E-state index is 0. The van der Waals surface area contributed by atoms with Gasteiger partial charge in [-0.25, -0.2) is 0 Å². The summed E-state index contributed by atoms with van der Waals surface area (Å²) in [6.07, 6.45) is 3.11. The summed E-state index contributed by atoms with van der Waals surface area (Å²) in [6, 6.07) is 0.274. The van der Waals surface area contributed by atoms with Crippen molar-refractivity contribution in [3.8, 4) is 0 Å². The maximum Gasteiger partial charge on any atom is 0.272 e. The summed E-state index contributed by atoms with van der Waals surface area (Å²) in [7, 11) is 1.88. The number of hydrogen-bond acceptors (Lipinski definition) is 3. The van der Waals surface area contributed by atoms with Crippen molar-refractivity contribution in [1.82, 2.24) is 20.8 Å². The van der Waals surface area contributed by atoms with Gasteiger partial charge >= 0.3 is 0 Å². The Hall–Kier alpha value is -1.07. The van der Waals surface area contributed by atoms with Crippen molar-refractivity contribution in [2.75, 3.05) is 13.6 Å². The number of fused-ring (bicyclic) bond motifs is 1. The monoisotopic (exact) mass is 258 g/mol. The lowest BCUT2D eigenvalue weighted by Crippen LogP contribution is -2.37. The summed E-state index contributed by atoms with van der Waals surface area (Å²) in [5, 5.41) is 13.0. The van der Waals surface area contributed by atoms with Gasteiger partial charge in [0, 0.05) is 23.8 Å². The number of amides is 1. The largest absolute Gasteiger partial charge is 0.349 e. The molecule has 5 nitrogen and oxygen atoms in total. The van der Waals surface area contributed by atoms with Gasteiger partial charge in [0.25, 0.3) is 5.91 Å². The minimum Gasteiger partial charge on any atom is -0.349 e. The van der Waals surface area contributed by atoms with E-state index in [0.29, 0.717) is 12.2 Å². The van der Waals surface area contributed by atoms with Crippen LogP contribution in [0.3, 0.4) is 0 Å². The van der Waals surface area contributed by atoms with Gasteiger partial charge in [-0.2, -0.15) is 5.10 Å². The number of rotatable bonds is 4. The molecular weight excluding hydrogens is 240 g/mol. The van der Waals surface area contributed by atoms with Gasteiger partial charge in [-0.1, -0.05) is 0 Å². The quantitative estimate of drug-likeness (QED) is 0.743. The predicted molar refractivity (Wildman–Crippen MR) is 68.7 cm³/mol. The predicted octanol–water partition coefficient (Wildman–Crippen LogP) is 0.658. The molecule has 1 amide bonds. The van der Waals surface area contributed by atoms with E-state index >= 15 is 0 Å². The molecule has 0 aliphatic heterocycles. The van der Waals surface area contributed by atoms with Crippen LogP contribution in [-0.2, 0) is 12.8 Å². The molecule has 0 saturated carbocycles. The lowest BCUT2D eigenvalue weighted by molar-refractivity contribution is 0.0944. The Morgan fingerprint density at radius 2 is 2.29 bits per heavy atom. The highest BCUT2D eigenvalue weighted by Crippen LogP contribution is 2.22. The van der Waals surface area contributed by atoms with Gasteiger partial charge in [-0.3, -0.25) is 9.89 Å². The smallest absolute Gasteiger partial charge is 0.272 e. The van der Waals surface area contributed by atoms with E-state index in [1.54, 1.807) is 0 Å². The molecule has 17 heavy (non-hydrogen) atoms. The highest BCUT2D eigenvalue weighted by Gasteiger charge is 2.22. The molecule has 0 spiro atoms. The summed E-state index contributed by atoms with van der Waals surface area (Å²) in [5.74, 6) is -0.0681. The van der Waals surface area contributed by atoms with Crippen molar-refractivity contribution >= 4 is 18.3 Å². The first-order valence-electron chi connectivity index (χ1n) is 5.74. The molecule has 1 aliphatic carbocycles. The highest BCUT2D eigenvalue weighted by molar-refractivity contribution is 5.94. The number of aromatic nitrogens is 2. The van der Waals surface area contributed by atoms with Crippen molar-refractivity contribution < 1.29 is 4.79 Å². The molecule has 0 saturated heterocycles. The topological polar surface area (TPSA) is 69.8 Å². The number of H-pyrrole nitrogens is 1. The van der Waals surface area contributed by atoms with Crippen LogP contribution in [0.5, 0.6) is 0 Å². The zero-order valence-corrected chi connectivity index (χ0v) is 11.0. The Morgan fingerprint density at radius 3 is 3.00 bits per heavy atom. The number of nitrogens with one attached hydrogen (secondary N) is 3. The first kappa shape index (κ1) is 14.0. The van der Waals surface area contributed by atoms with Crippen molar-refractivity contribution in [2.24, 2.45) is 0 Å². The average Bonchev–Trinajstić information content (AvgIpc) is 2.86. The first-order valence-corrected chi connectivity index (χ1v) is 5.74. The Morgan fingerprint density at radius 1 is 1.53 bits per heavy atom. The molecule has 0 aromatic carbocycles. The van der Waals surface area contributed by atoms with Gasteiger partial charge in [0.15, 0.2) is 5.69 Å². The standard InChI is InChI=1S/C11H18N4O.ClH/c1-7(12-2)6-13-11(16)10-8-4-3-5-9(8)14-15-10;/h7,12H,3-6H2,1-2H3,(H,13,16)(H,14,15);1H. The SMILES string of the molecule is CNC(C)CNC(=O)c1n[nH]c2c1CCC2.Cl. The number of aromatic amines is 1. The number of aryl methyl sites for hydroxylation is 1. The third-order valence-corrected chi connectivity index (χ3v) is 3.08. The fraction of sp³-hybridized carbons (Fsp3) is 0.636. The van der Waals surface area contributed by atoms with Crippen LogP contribution in [0, 0.1) is 0 Å². The van der Waals surface area contributed by atoms with Crippen LogP contribution in [-0.4, -0.2) is 35.7 Å². The molecule has 3 N–H and O–H groups in total. The number of hydrogen-bond donors (Lipinski definition) is 3.